The zero-order chi connectivity index (χ0) is 15.9. The molecule has 0 aliphatic heterocycles. The zero-order valence-corrected chi connectivity index (χ0v) is 13.6. The van der Waals surface area contributed by atoms with Crippen molar-refractivity contribution in [2.75, 3.05) is 13.1 Å². The highest BCUT2D eigenvalue weighted by atomic mass is 16.3. The van der Waals surface area contributed by atoms with E-state index < -0.39 is 0 Å². The van der Waals surface area contributed by atoms with Crippen molar-refractivity contribution in [2.45, 2.75) is 46.1 Å². The van der Waals surface area contributed by atoms with Gasteiger partial charge in [-0.15, -0.1) is 0 Å². The Labute approximate surface area is 131 Å². The van der Waals surface area contributed by atoms with Crippen molar-refractivity contribution in [2.24, 2.45) is 0 Å². The summed E-state index contributed by atoms with van der Waals surface area (Å²) in [5.74, 6) is 0.143. The van der Waals surface area contributed by atoms with Gasteiger partial charge in [0.1, 0.15) is 17.9 Å². The van der Waals surface area contributed by atoms with Crippen LogP contribution < -0.4 is 10.5 Å². The maximum absolute atomic E-state index is 12.3. The molecule has 1 heterocycles. The summed E-state index contributed by atoms with van der Waals surface area (Å²) in [4.78, 5) is 16.6. The van der Waals surface area contributed by atoms with Crippen molar-refractivity contribution < 1.29 is 10.0 Å². The molecule has 3 N–H and O–H groups in total. The summed E-state index contributed by atoms with van der Waals surface area (Å²) < 4.78 is 0. The summed E-state index contributed by atoms with van der Waals surface area (Å²) >= 11 is 0. The number of hydrogen-bond donors (Lipinski definition) is 3. The van der Waals surface area contributed by atoms with Gasteiger partial charge in [0.05, 0.1) is 18.6 Å². The van der Waals surface area contributed by atoms with Gasteiger partial charge in [-0.2, -0.15) is 0 Å². The van der Waals surface area contributed by atoms with Crippen LogP contribution in [0.25, 0.3) is 10.9 Å². The lowest BCUT2D eigenvalue weighted by molar-refractivity contribution is -0.914. The molecule has 1 aromatic carbocycles. The van der Waals surface area contributed by atoms with Gasteiger partial charge >= 0.3 is 0 Å². The van der Waals surface area contributed by atoms with Gasteiger partial charge in [-0.25, -0.2) is 0 Å². The molecule has 0 bridgehead atoms. The highest BCUT2D eigenvalue weighted by Crippen LogP contribution is 2.23. The smallest absolute Gasteiger partial charge is 0.261 e. The molecule has 120 valence electrons. The van der Waals surface area contributed by atoms with Gasteiger partial charge in [-0.3, -0.25) is 4.79 Å². The second-order valence-electron chi connectivity index (χ2n) is 5.96. The van der Waals surface area contributed by atoms with E-state index in [0.29, 0.717) is 17.6 Å². The van der Waals surface area contributed by atoms with Crippen LogP contribution in [0.4, 0.5) is 0 Å². The number of benzene rings is 1. The molecule has 2 rings (SSSR count). The molecule has 0 saturated carbocycles. The molecule has 0 fully saturated rings. The Bertz CT molecular complexity index is 656. The molecule has 0 aliphatic carbocycles. The Morgan fingerprint density at radius 2 is 1.73 bits per heavy atom. The monoisotopic (exact) mass is 303 g/mol. The maximum Gasteiger partial charge on any atom is 0.261 e. The highest BCUT2D eigenvalue weighted by Gasteiger charge is 2.17. The van der Waals surface area contributed by atoms with Crippen LogP contribution in [-0.4, -0.2) is 23.2 Å². The third-order valence-electron chi connectivity index (χ3n) is 4.18. The topological polar surface area (TPSA) is 57.5 Å². The lowest BCUT2D eigenvalue weighted by atomic mass is 10.1. The van der Waals surface area contributed by atoms with Crippen LogP contribution in [-0.2, 0) is 6.54 Å². The SMILES string of the molecule is CCCC[NH+](CCCC)Cc1c(O)c2ccccc2[nH]c1=O. The van der Waals surface area contributed by atoms with E-state index in [4.69, 9.17) is 0 Å². The molecule has 4 nitrogen and oxygen atoms in total. The summed E-state index contributed by atoms with van der Waals surface area (Å²) in [6.07, 6.45) is 4.59. The van der Waals surface area contributed by atoms with Crippen LogP contribution in [0.5, 0.6) is 5.75 Å². The van der Waals surface area contributed by atoms with Gasteiger partial charge in [0.15, 0.2) is 0 Å². The van der Waals surface area contributed by atoms with Gasteiger partial charge in [0.2, 0.25) is 0 Å². The minimum Gasteiger partial charge on any atom is -0.507 e. The van der Waals surface area contributed by atoms with E-state index in [1.165, 1.54) is 4.90 Å². The van der Waals surface area contributed by atoms with Crippen molar-refractivity contribution in [3.8, 4) is 5.75 Å². The minimum atomic E-state index is -0.165. The Hall–Kier alpha value is -1.81. The first-order chi connectivity index (χ1) is 10.7. The van der Waals surface area contributed by atoms with Gasteiger partial charge < -0.3 is 15.0 Å². The van der Waals surface area contributed by atoms with Crippen LogP contribution in [0.2, 0.25) is 0 Å². The van der Waals surface area contributed by atoms with E-state index in [-0.39, 0.29) is 11.3 Å². The second-order valence-corrected chi connectivity index (χ2v) is 5.96. The highest BCUT2D eigenvalue weighted by molar-refractivity contribution is 5.85. The van der Waals surface area contributed by atoms with Crippen molar-refractivity contribution in [3.05, 3.63) is 40.2 Å². The summed E-state index contributed by atoms with van der Waals surface area (Å²) in [6, 6.07) is 7.40. The molecule has 0 atom stereocenters. The molecular weight excluding hydrogens is 276 g/mol. The molecular formula is C18H27N2O2+. The molecule has 22 heavy (non-hydrogen) atoms. The van der Waals surface area contributed by atoms with E-state index in [2.05, 4.69) is 18.8 Å². The van der Waals surface area contributed by atoms with E-state index in [1.54, 1.807) is 0 Å². The number of H-pyrrole nitrogens is 1. The Kier molecular flexibility index (Phi) is 6.01. The van der Waals surface area contributed by atoms with Crippen LogP contribution in [0.15, 0.2) is 29.1 Å². The van der Waals surface area contributed by atoms with E-state index in [0.717, 1.165) is 44.2 Å². The first-order valence-corrected chi connectivity index (χ1v) is 8.33. The van der Waals surface area contributed by atoms with E-state index in [9.17, 15) is 9.90 Å². The molecule has 0 radical (unpaired) electrons. The van der Waals surface area contributed by atoms with Crippen molar-refractivity contribution in [3.63, 3.8) is 0 Å². The van der Waals surface area contributed by atoms with E-state index >= 15 is 0 Å². The number of hydrogen-bond acceptors (Lipinski definition) is 2. The standard InChI is InChI=1S/C18H26N2O2/c1-3-5-11-20(12-6-4-2)13-15-17(21)14-9-7-8-10-16(14)19-18(15)22/h7-10H,3-6,11-13H2,1-2H3,(H2,19,21,22)/p+1. The fraction of sp³-hybridized carbons (Fsp3) is 0.500. The van der Waals surface area contributed by atoms with Crippen LogP contribution in [0, 0.1) is 0 Å². The maximum atomic E-state index is 12.3. The summed E-state index contributed by atoms with van der Waals surface area (Å²) in [6.45, 7) is 7.03. The normalized spacial score (nSPS) is 11.4. The average molecular weight is 303 g/mol. The molecule has 0 amide bonds. The molecule has 0 saturated heterocycles. The number of unbranched alkanes of at least 4 members (excludes halogenated alkanes) is 2. The molecule has 0 aliphatic rings. The van der Waals surface area contributed by atoms with Crippen LogP contribution in [0.1, 0.15) is 45.1 Å². The van der Waals surface area contributed by atoms with Gasteiger partial charge in [-0.1, -0.05) is 38.8 Å². The van der Waals surface area contributed by atoms with Gasteiger partial charge in [0, 0.05) is 5.39 Å². The number of pyridine rings is 1. The van der Waals surface area contributed by atoms with Crippen LogP contribution in [0.3, 0.4) is 0 Å². The number of aromatic amines is 1. The number of aromatic nitrogens is 1. The number of aromatic hydroxyl groups is 1. The average Bonchev–Trinajstić information content (AvgIpc) is 2.53. The minimum absolute atomic E-state index is 0.143. The molecule has 2 aromatic rings. The first kappa shape index (κ1) is 16.6. The summed E-state index contributed by atoms with van der Waals surface area (Å²) in [5, 5.41) is 11.2. The quantitative estimate of drug-likeness (QED) is 0.700. The summed E-state index contributed by atoms with van der Waals surface area (Å²) in [7, 11) is 0. The predicted octanol–water partition coefficient (Wildman–Crippen LogP) is 2.22. The zero-order valence-electron chi connectivity index (χ0n) is 13.6. The number of para-hydroxylation sites is 1. The Morgan fingerprint density at radius 3 is 2.36 bits per heavy atom. The van der Waals surface area contributed by atoms with Crippen molar-refractivity contribution in [1.29, 1.82) is 0 Å². The molecule has 4 heteroatoms. The number of nitrogens with one attached hydrogen (secondary N) is 2. The number of fused-ring (bicyclic) bond motifs is 1. The molecule has 0 unspecified atom stereocenters. The summed E-state index contributed by atoms with van der Waals surface area (Å²) in [5.41, 5.74) is 1.04. The predicted molar refractivity (Wildman–Crippen MR) is 90.5 cm³/mol. The van der Waals surface area contributed by atoms with Crippen LogP contribution >= 0.6 is 0 Å². The fourth-order valence-corrected chi connectivity index (χ4v) is 2.84. The number of quaternary nitrogens is 1. The fourth-order valence-electron chi connectivity index (χ4n) is 2.84. The first-order valence-electron chi connectivity index (χ1n) is 8.33. The third-order valence-corrected chi connectivity index (χ3v) is 4.18. The third kappa shape index (κ3) is 3.89. The van der Waals surface area contributed by atoms with Crippen molar-refractivity contribution in [1.82, 2.24) is 4.98 Å². The Balaban J connectivity index is 2.29. The van der Waals surface area contributed by atoms with E-state index in [1.807, 2.05) is 24.3 Å². The molecule has 1 aromatic heterocycles. The largest absolute Gasteiger partial charge is 0.507 e. The van der Waals surface area contributed by atoms with Gasteiger partial charge in [0.25, 0.3) is 5.56 Å². The van der Waals surface area contributed by atoms with Gasteiger partial charge in [-0.05, 0) is 25.0 Å². The second kappa shape index (κ2) is 7.99. The lowest BCUT2D eigenvalue weighted by Crippen LogP contribution is -3.10. The molecule has 0 spiro atoms. The Morgan fingerprint density at radius 1 is 1.09 bits per heavy atom. The van der Waals surface area contributed by atoms with Crippen molar-refractivity contribution >= 4 is 10.9 Å². The lowest BCUT2D eigenvalue weighted by Gasteiger charge is -2.19. The number of rotatable bonds is 8.